The van der Waals surface area contributed by atoms with Gasteiger partial charge in [0.15, 0.2) is 0 Å². The van der Waals surface area contributed by atoms with E-state index < -0.39 is 0 Å². The van der Waals surface area contributed by atoms with Crippen molar-refractivity contribution in [1.82, 2.24) is 0 Å². The number of hydrogen-bond acceptors (Lipinski definition) is 3. The minimum atomic E-state index is 0.0771. The fraction of sp³-hybridized carbons (Fsp3) is 0.250. The van der Waals surface area contributed by atoms with Crippen molar-refractivity contribution in [3.63, 3.8) is 0 Å². The van der Waals surface area contributed by atoms with E-state index in [0.717, 1.165) is 17.0 Å². The third-order valence-electron chi connectivity index (χ3n) is 3.43. The molecule has 0 aliphatic heterocycles. The highest BCUT2D eigenvalue weighted by atomic mass is 16.5. The van der Waals surface area contributed by atoms with Crippen LogP contribution in [0.2, 0.25) is 0 Å². The van der Waals surface area contributed by atoms with Gasteiger partial charge in [-0.1, -0.05) is 24.3 Å². The molecule has 0 fully saturated rings. The maximum Gasteiger partial charge on any atom is 0.120 e. The molecule has 0 aromatic heterocycles. The minimum Gasteiger partial charge on any atom is -0.508 e. The number of benzene rings is 2. The number of hydrogen-bond donors (Lipinski definition) is 1. The van der Waals surface area contributed by atoms with Crippen LogP contribution in [0.25, 0.3) is 0 Å². The molecule has 3 nitrogen and oxygen atoms in total. The van der Waals surface area contributed by atoms with Crippen molar-refractivity contribution in [3.05, 3.63) is 54.1 Å². The third kappa shape index (κ3) is 2.81. The average molecular weight is 257 g/mol. The van der Waals surface area contributed by atoms with Crippen LogP contribution in [-0.4, -0.2) is 19.3 Å². The van der Waals surface area contributed by atoms with Gasteiger partial charge >= 0.3 is 0 Å². The minimum absolute atomic E-state index is 0.0771. The van der Waals surface area contributed by atoms with E-state index in [9.17, 15) is 5.11 Å². The monoisotopic (exact) mass is 257 g/mol. The van der Waals surface area contributed by atoms with Crippen LogP contribution in [0.4, 0.5) is 5.69 Å². The zero-order valence-corrected chi connectivity index (χ0v) is 11.5. The van der Waals surface area contributed by atoms with Crippen LogP contribution in [0.15, 0.2) is 48.5 Å². The van der Waals surface area contributed by atoms with Gasteiger partial charge in [-0.2, -0.15) is 0 Å². The average Bonchev–Trinajstić information content (AvgIpc) is 2.46. The van der Waals surface area contributed by atoms with Crippen molar-refractivity contribution in [2.45, 2.75) is 13.0 Å². The van der Waals surface area contributed by atoms with E-state index in [1.54, 1.807) is 13.2 Å². The number of ether oxygens (including phenoxy) is 1. The summed E-state index contributed by atoms with van der Waals surface area (Å²) in [6.07, 6.45) is 0. The van der Waals surface area contributed by atoms with E-state index >= 15 is 0 Å². The van der Waals surface area contributed by atoms with Crippen LogP contribution in [0.1, 0.15) is 18.5 Å². The number of phenols is 1. The molecule has 3 heteroatoms. The zero-order chi connectivity index (χ0) is 13.8. The van der Waals surface area contributed by atoms with Gasteiger partial charge in [0.2, 0.25) is 0 Å². The molecular formula is C16H19NO2. The van der Waals surface area contributed by atoms with Crippen LogP contribution in [-0.2, 0) is 0 Å². The molecule has 0 aliphatic rings. The SMILES string of the molecule is COc1cccc(N(C)C(C)c2ccccc2O)c1. The van der Waals surface area contributed by atoms with Crippen LogP contribution >= 0.6 is 0 Å². The van der Waals surface area contributed by atoms with Gasteiger partial charge < -0.3 is 14.7 Å². The van der Waals surface area contributed by atoms with Crippen LogP contribution in [0.3, 0.4) is 0 Å². The van der Waals surface area contributed by atoms with E-state index in [0.29, 0.717) is 5.75 Å². The van der Waals surface area contributed by atoms with Gasteiger partial charge in [-0.05, 0) is 25.1 Å². The summed E-state index contributed by atoms with van der Waals surface area (Å²) in [4.78, 5) is 2.11. The first-order valence-electron chi connectivity index (χ1n) is 6.28. The number of anilines is 1. The van der Waals surface area contributed by atoms with Crippen LogP contribution in [0, 0.1) is 0 Å². The number of para-hydroxylation sites is 1. The molecule has 2 aromatic rings. The van der Waals surface area contributed by atoms with Gasteiger partial charge in [0.25, 0.3) is 0 Å². The smallest absolute Gasteiger partial charge is 0.120 e. The second-order valence-electron chi connectivity index (χ2n) is 4.55. The molecule has 0 spiro atoms. The first kappa shape index (κ1) is 13.3. The summed E-state index contributed by atoms with van der Waals surface area (Å²) in [6.45, 7) is 2.06. The van der Waals surface area contributed by atoms with Crippen molar-refractivity contribution in [2.24, 2.45) is 0 Å². The molecule has 1 atom stereocenters. The van der Waals surface area contributed by atoms with Crippen molar-refractivity contribution >= 4 is 5.69 Å². The molecule has 0 heterocycles. The van der Waals surface area contributed by atoms with Gasteiger partial charge in [0.1, 0.15) is 11.5 Å². The quantitative estimate of drug-likeness (QED) is 0.908. The Morgan fingerprint density at radius 3 is 2.53 bits per heavy atom. The first-order chi connectivity index (χ1) is 9.13. The summed E-state index contributed by atoms with van der Waals surface area (Å²) in [5, 5.41) is 9.93. The number of aromatic hydroxyl groups is 1. The molecule has 2 aromatic carbocycles. The maximum absolute atomic E-state index is 9.93. The molecule has 2 rings (SSSR count). The van der Waals surface area contributed by atoms with E-state index in [4.69, 9.17) is 4.74 Å². The lowest BCUT2D eigenvalue weighted by Gasteiger charge is -2.28. The predicted molar refractivity (Wildman–Crippen MR) is 77.9 cm³/mol. The maximum atomic E-state index is 9.93. The highest BCUT2D eigenvalue weighted by Gasteiger charge is 2.15. The number of phenolic OH excluding ortho intramolecular Hbond substituents is 1. The van der Waals surface area contributed by atoms with Crippen molar-refractivity contribution in [3.8, 4) is 11.5 Å². The van der Waals surface area contributed by atoms with Crippen LogP contribution in [0.5, 0.6) is 11.5 Å². The Kier molecular flexibility index (Phi) is 3.95. The van der Waals surface area contributed by atoms with Crippen molar-refractivity contribution in [1.29, 1.82) is 0 Å². The Hall–Kier alpha value is -2.16. The summed E-state index contributed by atoms with van der Waals surface area (Å²) in [6, 6.07) is 15.4. The Bertz CT molecular complexity index is 554. The summed E-state index contributed by atoms with van der Waals surface area (Å²) in [7, 11) is 3.66. The first-order valence-corrected chi connectivity index (χ1v) is 6.28. The Balaban J connectivity index is 2.28. The second-order valence-corrected chi connectivity index (χ2v) is 4.55. The number of methoxy groups -OCH3 is 1. The largest absolute Gasteiger partial charge is 0.508 e. The normalized spacial score (nSPS) is 11.9. The lowest BCUT2D eigenvalue weighted by molar-refractivity contribution is 0.414. The highest BCUT2D eigenvalue weighted by Crippen LogP contribution is 2.31. The predicted octanol–water partition coefficient (Wildman–Crippen LogP) is 3.60. The Labute approximate surface area is 114 Å². The van der Waals surface area contributed by atoms with Crippen molar-refractivity contribution in [2.75, 3.05) is 19.1 Å². The molecule has 1 unspecified atom stereocenters. The zero-order valence-electron chi connectivity index (χ0n) is 11.5. The van der Waals surface area contributed by atoms with Gasteiger partial charge in [0, 0.05) is 24.4 Å². The van der Waals surface area contributed by atoms with Gasteiger partial charge in [0.05, 0.1) is 13.2 Å². The summed E-state index contributed by atoms with van der Waals surface area (Å²) in [5.41, 5.74) is 1.96. The van der Waals surface area contributed by atoms with E-state index in [1.807, 2.05) is 49.5 Å². The molecule has 0 saturated carbocycles. The Morgan fingerprint density at radius 1 is 1.11 bits per heavy atom. The lowest BCUT2D eigenvalue weighted by Crippen LogP contribution is -2.21. The van der Waals surface area contributed by atoms with Crippen LogP contribution < -0.4 is 9.64 Å². The molecule has 0 aliphatic carbocycles. The molecule has 0 saturated heterocycles. The topological polar surface area (TPSA) is 32.7 Å². The van der Waals surface area contributed by atoms with Gasteiger partial charge in [-0.3, -0.25) is 0 Å². The molecule has 1 N–H and O–H groups in total. The molecule has 0 amide bonds. The highest BCUT2D eigenvalue weighted by molar-refractivity contribution is 5.53. The number of nitrogens with zero attached hydrogens (tertiary/aromatic N) is 1. The molecule has 19 heavy (non-hydrogen) atoms. The second kappa shape index (κ2) is 5.65. The van der Waals surface area contributed by atoms with E-state index in [-0.39, 0.29) is 6.04 Å². The fourth-order valence-corrected chi connectivity index (χ4v) is 2.10. The van der Waals surface area contributed by atoms with Gasteiger partial charge in [-0.15, -0.1) is 0 Å². The summed E-state index contributed by atoms with van der Waals surface area (Å²) < 4.78 is 5.24. The molecule has 0 radical (unpaired) electrons. The van der Waals surface area contributed by atoms with Gasteiger partial charge in [-0.25, -0.2) is 0 Å². The standard InChI is InChI=1S/C16H19NO2/c1-12(15-9-4-5-10-16(15)18)17(2)13-7-6-8-14(11-13)19-3/h4-12,18H,1-3H3. The third-order valence-corrected chi connectivity index (χ3v) is 3.43. The lowest BCUT2D eigenvalue weighted by atomic mass is 10.1. The summed E-state index contributed by atoms with van der Waals surface area (Å²) in [5.74, 6) is 1.15. The van der Waals surface area contributed by atoms with Crippen molar-refractivity contribution < 1.29 is 9.84 Å². The molecule has 0 bridgehead atoms. The number of rotatable bonds is 4. The molecular weight excluding hydrogens is 238 g/mol. The summed E-state index contributed by atoms with van der Waals surface area (Å²) >= 11 is 0. The fourth-order valence-electron chi connectivity index (χ4n) is 2.10. The van der Waals surface area contributed by atoms with E-state index in [1.165, 1.54) is 0 Å². The Morgan fingerprint density at radius 2 is 1.84 bits per heavy atom. The molecule has 100 valence electrons. The van der Waals surface area contributed by atoms with E-state index in [2.05, 4.69) is 11.8 Å².